The lowest BCUT2D eigenvalue weighted by molar-refractivity contribution is 0.663. The van der Waals surface area contributed by atoms with Crippen LogP contribution in [0.15, 0.2) is 124 Å². The predicted molar refractivity (Wildman–Crippen MR) is 151 cm³/mol. The van der Waals surface area contributed by atoms with Crippen molar-refractivity contribution in [1.29, 1.82) is 0 Å². The fraction of sp³-hybridized carbons (Fsp3) is 0. The number of furan rings is 2. The van der Waals surface area contributed by atoms with Gasteiger partial charge in [0.1, 0.15) is 22.3 Å². The molecular weight excluding hydrogens is 470 g/mol. The van der Waals surface area contributed by atoms with Gasteiger partial charge in [0.2, 0.25) is 0 Å². The summed E-state index contributed by atoms with van der Waals surface area (Å²) in [6.07, 6.45) is 0. The number of hydrogen-bond donors (Lipinski definition) is 0. The van der Waals surface area contributed by atoms with Crippen LogP contribution >= 0.6 is 0 Å². The largest absolute Gasteiger partial charge is 0.456 e. The van der Waals surface area contributed by atoms with Gasteiger partial charge in [-0.25, -0.2) is 15.0 Å². The maximum Gasteiger partial charge on any atom is 0.164 e. The molecule has 0 N–H and O–H groups in total. The van der Waals surface area contributed by atoms with Crippen molar-refractivity contribution in [1.82, 2.24) is 15.0 Å². The molecule has 0 atom stereocenters. The van der Waals surface area contributed by atoms with E-state index in [1.807, 2.05) is 97.1 Å². The fourth-order valence-corrected chi connectivity index (χ4v) is 5.12. The van der Waals surface area contributed by atoms with E-state index in [1.165, 1.54) is 0 Å². The van der Waals surface area contributed by atoms with Gasteiger partial charge >= 0.3 is 0 Å². The molecule has 0 saturated heterocycles. The van der Waals surface area contributed by atoms with E-state index >= 15 is 0 Å². The first-order chi connectivity index (χ1) is 18.8. The number of hydrogen-bond acceptors (Lipinski definition) is 5. The Labute approximate surface area is 217 Å². The quantitative estimate of drug-likeness (QED) is 0.248. The molecule has 0 saturated carbocycles. The average molecular weight is 490 g/mol. The van der Waals surface area contributed by atoms with E-state index in [4.69, 9.17) is 23.8 Å². The third-order valence-corrected chi connectivity index (χ3v) is 6.94. The molecule has 0 aliphatic carbocycles. The summed E-state index contributed by atoms with van der Waals surface area (Å²) in [5.74, 6) is 1.85. The van der Waals surface area contributed by atoms with Gasteiger partial charge in [-0.2, -0.15) is 0 Å². The summed E-state index contributed by atoms with van der Waals surface area (Å²) in [4.78, 5) is 14.5. The van der Waals surface area contributed by atoms with Gasteiger partial charge in [-0.05, 0) is 30.3 Å². The van der Waals surface area contributed by atoms with Crippen molar-refractivity contribution in [2.45, 2.75) is 0 Å². The third kappa shape index (κ3) is 3.22. The molecule has 5 nitrogen and oxygen atoms in total. The Morgan fingerprint density at radius 1 is 0.395 bits per heavy atom. The molecule has 3 aromatic heterocycles. The van der Waals surface area contributed by atoms with Crippen molar-refractivity contribution in [3.63, 3.8) is 0 Å². The predicted octanol–water partition coefficient (Wildman–Crippen LogP) is 8.67. The SMILES string of the molecule is c1ccc(-c2nc(-c3ccccc3)nc(-c3ccc4c(c3)oc3ccc5c6ccccc6oc5c34)n2)cc1. The van der Waals surface area contributed by atoms with Gasteiger partial charge in [0.05, 0.1) is 5.39 Å². The highest BCUT2D eigenvalue weighted by molar-refractivity contribution is 6.22. The highest BCUT2D eigenvalue weighted by Crippen LogP contribution is 2.40. The second-order valence-electron chi connectivity index (χ2n) is 9.26. The Kier molecular flexibility index (Phi) is 4.45. The molecule has 0 fully saturated rings. The van der Waals surface area contributed by atoms with Crippen LogP contribution < -0.4 is 0 Å². The van der Waals surface area contributed by atoms with Gasteiger partial charge < -0.3 is 8.83 Å². The summed E-state index contributed by atoms with van der Waals surface area (Å²) in [6.45, 7) is 0. The molecule has 38 heavy (non-hydrogen) atoms. The Balaban J connectivity index is 1.34. The molecule has 8 rings (SSSR count). The number of aromatic nitrogens is 3. The highest BCUT2D eigenvalue weighted by Gasteiger charge is 2.18. The molecule has 8 aromatic rings. The van der Waals surface area contributed by atoms with E-state index in [1.54, 1.807) is 0 Å². The highest BCUT2D eigenvalue weighted by atomic mass is 16.3. The topological polar surface area (TPSA) is 65.0 Å². The van der Waals surface area contributed by atoms with E-state index in [-0.39, 0.29) is 0 Å². The summed E-state index contributed by atoms with van der Waals surface area (Å²) in [7, 11) is 0. The second kappa shape index (κ2) is 8.11. The molecule has 0 radical (unpaired) electrons. The molecule has 0 spiro atoms. The van der Waals surface area contributed by atoms with Crippen LogP contribution in [0.2, 0.25) is 0 Å². The minimum Gasteiger partial charge on any atom is -0.456 e. The van der Waals surface area contributed by atoms with E-state index in [0.717, 1.165) is 60.6 Å². The molecule has 0 aliphatic heterocycles. The Morgan fingerprint density at radius 2 is 1.00 bits per heavy atom. The molecule has 0 unspecified atom stereocenters. The summed E-state index contributed by atoms with van der Waals surface area (Å²) < 4.78 is 12.6. The molecule has 5 aromatic carbocycles. The molecule has 3 heterocycles. The van der Waals surface area contributed by atoms with Crippen LogP contribution in [0.4, 0.5) is 0 Å². The minimum absolute atomic E-state index is 0.592. The van der Waals surface area contributed by atoms with Crippen molar-refractivity contribution < 1.29 is 8.83 Å². The third-order valence-electron chi connectivity index (χ3n) is 6.94. The van der Waals surface area contributed by atoms with Crippen molar-refractivity contribution >= 4 is 43.9 Å². The molecule has 0 bridgehead atoms. The summed E-state index contributed by atoms with van der Waals surface area (Å²) in [5.41, 5.74) is 5.98. The smallest absolute Gasteiger partial charge is 0.164 e. The van der Waals surface area contributed by atoms with E-state index in [0.29, 0.717) is 17.5 Å². The van der Waals surface area contributed by atoms with Gasteiger partial charge in [-0.1, -0.05) is 84.9 Å². The van der Waals surface area contributed by atoms with Gasteiger partial charge in [-0.15, -0.1) is 0 Å². The molecular formula is C33H19N3O2. The monoisotopic (exact) mass is 489 g/mol. The van der Waals surface area contributed by atoms with Crippen LogP contribution in [0.1, 0.15) is 0 Å². The van der Waals surface area contributed by atoms with Crippen molar-refractivity contribution in [2.75, 3.05) is 0 Å². The van der Waals surface area contributed by atoms with Crippen LogP contribution in [-0.4, -0.2) is 15.0 Å². The zero-order valence-electron chi connectivity index (χ0n) is 20.1. The number of benzene rings is 5. The van der Waals surface area contributed by atoms with Crippen LogP contribution in [0.25, 0.3) is 78.0 Å². The molecule has 0 amide bonds. The number of nitrogens with zero attached hydrogens (tertiary/aromatic N) is 3. The first-order valence-corrected chi connectivity index (χ1v) is 12.5. The zero-order chi connectivity index (χ0) is 25.1. The Morgan fingerprint density at radius 3 is 1.71 bits per heavy atom. The first-order valence-electron chi connectivity index (χ1n) is 12.5. The standard InChI is InChI=1S/C33H19N3O2/c1-3-9-20(10-4-1)31-34-32(21-11-5-2-6-12-21)36-33(35-31)22-15-16-25-28(19-22)37-27-18-17-24-23-13-7-8-14-26(23)38-30(24)29(25)27/h1-19H. The van der Waals surface area contributed by atoms with E-state index < -0.39 is 0 Å². The lowest BCUT2D eigenvalue weighted by Gasteiger charge is -2.08. The van der Waals surface area contributed by atoms with Crippen molar-refractivity contribution in [2.24, 2.45) is 0 Å². The molecule has 178 valence electrons. The van der Waals surface area contributed by atoms with Crippen LogP contribution in [0, 0.1) is 0 Å². The van der Waals surface area contributed by atoms with Gasteiger partial charge in [0, 0.05) is 32.8 Å². The Bertz CT molecular complexity index is 2070. The fourth-order valence-electron chi connectivity index (χ4n) is 5.12. The lowest BCUT2D eigenvalue weighted by Crippen LogP contribution is -2.00. The van der Waals surface area contributed by atoms with Gasteiger partial charge in [0.15, 0.2) is 17.5 Å². The number of fused-ring (bicyclic) bond motifs is 7. The van der Waals surface area contributed by atoms with Gasteiger partial charge in [0.25, 0.3) is 0 Å². The van der Waals surface area contributed by atoms with Crippen molar-refractivity contribution in [3.8, 4) is 34.2 Å². The van der Waals surface area contributed by atoms with Crippen LogP contribution in [0.5, 0.6) is 0 Å². The lowest BCUT2D eigenvalue weighted by atomic mass is 10.1. The van der Waals surface area contributed by atoms with Crippen molar-refractivity contribution in [3.05, 3.63) is 115 Å². The molecule has 5 heteroatoms. The number of rotatable bonds is 3. The Hall–Kier alpha value is -5.29. The summed E-state index contributed by atoms with van der Waals surface area (Å²) in [6, 6.07) is 38.2. The van der Waals surface area contributed by atoms with Crippen LogP contribution in [-0.2, 0) is 0 Å². The number of para-hydroxylation sites is 1. The zero-order valence-corrected chi connectivity index (χ0v) is 20.1. The average Bonchev–Trinajstić information content (AvgIpc) is 3.55. The van der Waals surface area contributed by atoms with Gasteiger partial charge in [-0.3, -0.25) is 0 Å². The maximum atomic E-state index is 6.32. The maximum absolute atomic E-state index is 6.32. The second-order valence-corrected chi connectivity index (χ2v) is 9.26. The molecule has 0 aliphatic rings. The summed E-state index contributed by atoms with van der Waals surface area (Å²) >= 11 is 0. The summed E-state index contributed by atoms with van der Waals surface area (Å²) in [5, 5.41) is 4.15. The van der Waals surface area contributed by atoms with E-state index in [9.17, 15) is 0 Å². The van der Waals surface area contributed by atoms with Crippen LogP contribution in [0.3, 0.4) is 0 Å². The van der Waals surface area contributed by atoms with E-state index in [2.05, 4.69) is 18.2 Å². The minimum atomic E-state index is 0.592. The normalized spacial score (nSPS) is 11.7. The first kappa shape index (κ1) is 20.9.